The van der Waals surface area contributed by atoms with E-state index in [0.717, 1.165) is 15.4 Å². The summed E-state index contributed by atoms with van der Waals surface area (Å²) >= 11 is 16.1. The third-order valence-electron chi connectivity index (χ3n) is 4.71. The summed E-state index contributed by atoms with van der Waals surface area (Å²) < 4.78 is 1.76. The lowest BCUT2D eigenvalue weighted by Crippen LogP contribution is -2.16. The molecule has 2 aromatic carbocycles. The van der Waals surface area contributed by atoms with Crippen LogP contribution >= 0.6 is 46.3 Å². The number of nitrogens with zero attached hydrogens (tertiary/aromatic N) is 2. The highest BCUT2D eigenvalue weighted by Crippen LogP contribution is 2.39. The van der Waals surface area contributed by atoms with Gasteiger partial charge in [-0.15, -0.1) is 23.1 Å². The zero-order chi connectivity index (χ0) is 21.5. The molecule has 0 atom stereocenters. The van der Waals surface area contributed by atoms with Crippen LogP contribution in [0.25, 0.3) is 26.7 Å². The van der Waals surface area contributed by atoms with Crippen molar-refractivity contribution in [2.24, 2.45) is 0 Å². The van der Waals surface area contributed by atoms with Crippen LogP contribution in [-0.4, -0.2) is 21.1 Å². The normalized spacial score (nSPS) is 11.8. The van der Waals surface area contributed by atoms with Crippen molar-refractivity contribution in [1.29, 1.82) is 0 Å². The van der Waals surface area contributed by atoms with E-state index in [4.69, 9.17) is 23.2 Å². The van der Waals surface area contributed by atoms with Crippen LogP contribution in [0.1, 0.15) is 19.5 Å². The summed E-state index contributed by atoms with van der Waals surface area (Å²) in [5.41, 5.74) is 2.18. The van der Waals surface area contributed by atoms with E-state index in [1.807, 2.05) is 18.2 Å². The van der Waals surface area contributed by atoms with E-state index in [0.29, 0.717) is 21.4 Å². The Morgan fingerprint density at radius 2 is 1.73 bits per heavy atom. The predicted molar refractivity (Wildman–Crippen MR) is 129 cm³/mol. The molecule has 0 amide bonds. The zero-order valence-electron chi connectivity index (χ0n) is 16.7. The predicted octanol–water partition coefficient (Wildman–Crippen LogP) is 7.52. The summed E-state index contributed by atoms with van der Waals surface area (Å²) in [4.78, 5) is 3.41. The van der Waals surface area contributed by atoms with E-state index in [-0.39, 0.29) is 0 Å². The van der Waals surface area contributed by atoms with Gasteiger partial charge in [0.15, 0.2) is 0 Å². The summed E-state index contributed by atoms with van der Waals surface area (Å²) in [6.07, 6.45) is 2.07. The summed E-state index contributed by atoms with van der Waals surface area (Å²) in [5, 5.41) is 16.1. The first kappa shape index (κ1) is 21.5. The van der Waals surface area contributed by atoms with Gasteiger partial charge in [0.25, 0.3) is 0 Å². The second-order valence-corrected chi connectivity index (χ2v) is 10.1. The van der Waals surface area contributed by atoms with Gasteiger partial charge in [-0.3, -0.25) is 0 Å². The standard InChI is InChI=1S/C23H20Cl2N2OS2/c1-23(2,28)21-13-18(27(26-21)17-9-5-8-16(24)22(17)25)20-11-10-19(30-20)14-6-4-7-15(12-14)29-3/h4-13,28H,1-3H3. The SMILES string of the molecule is CSc1cccc(-c2ccc(-c3cc(C(C)(C)O)nn3-c3cccc(Cl)c3Cl)s2)c1. The maximum absolute atomic E-state index is 10.6. The Morgan fingerprint density at radius 3 is 2.47 bits per heavy atom. The molecule has 0 radical (unpaired) electrons. The van der Waals surface area contributed by atoms with Crippen molar-refractivity contribution in [2.45, 2.75) is 24.3 Å². The number of thiophene rings is 1. The Bertz CT molecular complexity index is 1210. The highest BCUT2D eigenvalue weighted by Gasteiger charge is 2.24. The van der Waals surface area contributed by atoms with Crippen molar-refractivity contribution in [2.75, 3.05) is 6.26 Å². The topological polar surface area (TPSA) is 38.1 Å². The van der Waals surface area contributed by atoms with Crippen LogP contribution in [0, 0.1) is 0 Å². The van der Waals surface area contributed by atoms with Crippen LogP contribution in [0.5, 0.6) is 0 Å². The number of hydrogen-bond donors (Lipinski definition) is 1. The van der Waals surface area contributed by atoms with E-state index in [1.165, 1.54) is 10.5 Å². The van der Waals surface area contributed by atoms with Crippen molar-refractivity contribution in [1.82, 2.24) is 9.78 Å². The van der Waals surface area contributed by atoms with Crippen molar-refractivity contribution in [3.8, 4) is 26.7 Å². The van der Waals surface area contributed by atoms with Crippen LogP contribution < -0.4 is 0 Å². The smallest absolute Gasteiger partial charge is 0.103 e. The molecule has 1 N–H and O–H groups in total. The highest BCUT2D eigenvalue weighted by molar-refractivity contribution is 7.98. The van der Waals surface area contributed by atoms with Gasteiger partial charge in [0.2, 0.25) is 0 Å². The minimum Gasteiger partial charge on any atom is -0.384 e. The van der Waals surface area contributed by atoms with E-state index in [2.05, 4.69) is 47.8 Å². The van der Waals surface area contributed by atoms with Crippen LogP contribution in [0.3, 0.4) is 0 Å². The first-order chi connectivity index (χ1) is 14.3. The molecule has 2 heterocycles. The lowest BCUT2D eigenvalue weighted by molar-refractivity contribution is 0.0734. The molecule has 30 heavy (non-hydrogen) atoms. The molecule has 4 rings (SSSR count). The monoisotopic (exact) mass is 474 g/mol. The molecule has 7 heteroatoms. The van der Waals surface area contributed by atoms with Gasteiger partial charge in [-0.05, 0) is 68.1 Å². The van der Waals surface area contributed by atoms with Crippen LogP contribution in [0.4, 0.5) is 0 Å². The maximum Gasteiger partial charge on any atom is 0.103 e. The Morgan fingerprint density at radius 1 is 1.00 bits per heavy atom. The Kier molecular flexibility index (Phi) is 6.02. The molecule has 0 spiro atoms. The van der Waals surface area contributed by atoms with Crippen molar-refractivity contribution < 1.29 is 5.11 Å². The maximum atomic E-state index is 10.6. The summed E-state index contributed by atoms with van der Waals surface area (Å²) in [6, 6.07) is 20.0. The molecule has 4 aromatic rings. The molecule has 0 saturated heterocycles. The largest absolute Gasteiger partial charge is 0.384 e. The van der Waals surface area contributed by atoms with Gasteiger partial charge >= 0.3 is 0 Å². The van der Waals surface area contributed by atoms with Gasteiger partial charge in [0.1, 0.15) is 5.60 Å². The highest BCUT2D eigenvalue weighted by atomic mass is 35.5. The van der Waals surface area contributed by atoms with Crippen LogP contribution in [-0.2, 0) is 5.60 Å². The van der Waals surface area contributed by atoms with E-state index in [1.54, 1.807) is 47.7 Å². The second kappa shape index (κ2) is 8.40. The van der Waals surface area contributed by atoms with Gasteiger partial charge in [-0.2, -0.15) is 5.10 Å². The molecule has 0 aliphatic carbocycles. The summed E-state index contributed by atoms with van der Waals surface area (Å²) in [6.45, 7) is 3.44. The third kappa shape index (κ3) is 4.18. The average molecular weight is 475 g/mol. The number of aliphatic hydroxyl groups is 1. The Balaban J connectivity index is 1.85. The van der Waals surface area contributed by atoms with Crippen molar-refractivity contribution in [3.05, 3.63) is 76.4 Å². The van der Waals surface area contributed by atoms with Crippen LogP contribution in [0.2, 0.25) is 10.0 Å². The second-order valence-electron chi connectivity index (χ2n) is 7.35. The zero-order valence-corrected chi connectivity index (χ0v) is 19.8. The van der Waals surface area contributed by atoms with Gasteiger partial charge in [0.05, 0.1) is 32.0 Å². The summed E-state index contributed by atoms with van der Waals surface area (Å²) in [5.74, 6) is 0. The minimum atomic E-state index is -1.09. The minimum absolute atomic E-state index is 0.426. The quantitative estimate of drug-likeness (QED) is 0.303. The fraction of sp³-hybridized carbons (Fsp3) is 0.174. The van der Waals surface area contributed by atoms with Crippen LogP contribution in [0.15, 0.2) is 65.6 Å². The number of rotatable bonds is 5. The fourth-order valence-electron chi connectivity index (χ4n) is 3.10. The lowest BCUT2D eigenvalue weighted by atomic mass is 10.1. The molecule has 3 nitrogen and oxygen atoms in total. The number of halogens is 2. The van der Waals surface area contributed by atoms with Gasteiger partial charge < -0.3 is 5.11 Å². The average Bonchev–Trinajstić information content (AvgIpc) is 3.37. The molecule has 0 bridgehead atoms. The van der Waals surface area contributed by atoms with Crippen molar-refractivity contribution >= 4 is 46.3 Å². The number of thioether (sulfide) groups is 1. The Hall–Kier alpha value is -1.76. The molecule has 0 fully saturated rings. The fourth-order valence-corrected chi connectivity index (χ4v) is 4.94. The van der Waals surface area contributed by atoms with Gasteiger partial charge in [-0.1, -0.05) is 41.4 Å². The molecule has 0 aliphatic heterocycles. The molecule has 0 unspecified atom stereocenters. The first-order valence-corrected chi connectivity index (χ1v) is 12.1. The molecule has 2 aromatic heterocycles. The van der Waals surface area contributed by atoms with E-state index >= 15 is 0 Å². The number of benzene rings is 2. The Labute approximate surface area is 194 Å². The molecule has 0 saturated carbocycles. The van der Waals surface area contributed by atoms with E-state index in [9.17, 15) is 5.11 Å². The van der Waals surface area contributed by atoms with Crippen molar-refractivity contribution in [3.63, 3.8) is 0 Å². The molecule has 0 aliphatic rings. The van der Waals surface area contributed by atoms with Gasteiger partial charge in [-0.25, -0.2) is 4.68 Å². The number of hydrogen-bond acceptors (Lipinski definition) is 4. The molecular weight excluding hydrogens is 455 g/mol. The molecular formula is C23H20Cl2N2OS2. The first-order valence-electron chi connectivity index (χ1n) is 9.30. The van der Waals surface area contributed by atoms with E-state index < -0.39 is 5.60 Å². The molecule has 154 valence electrons. The third-order valence-corrected chi connectivity index (χ3v) is 7.40. The number of aromatic nitrogens is 2. The lowest BCUT2D eigenvalue weighted by Gasteiger charge is -2.13. The summed E-state index contributed by atoms with van der Waals surface area (Å²) in [7, 11) is 0. The van der Waals surface area contributed by atoms with Gasteiger partial charge in [0, 0.05) is 9.77 Å².